The SMILES string of the molecule is CCCCN(C(C)=O)c1nnc(-c2cccc(C)c2)s1. The number of unbranched alkanes of at least 4 members (excludes halogenated alkanes) is 1. The fourth-order valence-electron chi connectivity index (χ4n) is 1.92. The standard InChI is InChI=1S/C15H19N3OS/c1-4-5-9-18(12(3)19)15-17-16-14(20-15)13-8-6-7-11(2)10-13/h6-8,10H,4-5,9H2,1-3H3. The van der Waals surface area contributed by atoms with E-state index in [1.807, 2.05) is 12.1 Å². The van der Waals surface area contributed by atoms with Crippen molar-refractivity contribution in [3.05, 3.63) is 29.8 Å². The summed E-state index contributed by atoms with van der Waals surface area (Å²) in [6.07, 6.45) is 2.02. The van der Waals surface area contributed by atoms with Crippen molar-refractivity contribution < 1.29 is 4.79 Å². The fraction of sp³-hybridized carbons (Fsp3) is 0.400. The van der Waals surface area contributed by atoms with Gasteiger partial charge in [0.15, 0.2) is 0 Å². The molecule has 1 aromatic heterocycles. The van der Waals surface area contributed by atoms with E-state index >= 15 is 0 Å². The lowest BCUT2D eigenvalue weighted by atomic mass is 10.1. The number of hydrogen-bond acceptors (Lipinski definition) is 4. The second kappa shape index (κ2) is 6.61. The molecular weight excluding hydrogens is 270 g/mol. The van der Waals surface area contributed by atoms with Crippen molar-refractivity contribution in [2.24, 2.45) is 0 Å². The molecule has 4 nitrogen and oxygen atoms in total. The number of carbonyl (C=O) groups is 1. The van der Waals surface area contributed by atoms with Crippen LogP contribution in [0.4, 0.5) is 5.13 Å². The number of benzene rings is 1. The first-order valence-corrected chi connectivity index (χ1v) is 7.62. The summed E-state index contributed by atoms with van der Waals surface area (Å²) < 4.78 is 0. The van der Waals surface area contributed by atoms with Crippen LogP contribution in [0.5, 0.6) is 0 Å². The van der Waals surface area contributed by atoms with Gasteiger partial charge in [0.1, 0.15) is 5.01 Å². The van der Waals surface area contributed by atoms with E-state index in [1.165, 1.54) is 16.9 Å². The summed E-state index contributed by atoms with van der Waals surface area (Å²) in [5.41, 5.74) is 2.24. The number of nitrogens with zero attached hydrogens (tertiary/aromatic N) is 3. The summed E-state index contributed by atoms with van der Waals surface area (Å²) in [7, 11) is 0. The Morgan fingerprint density at radius 3 is 2.80 bits per heavy atom. The van der Waals surface area contributed by atoms with E-state index in [9.17, 15) is 4.79 Å². The third-order valence-electron chi connectivity index (χ3n) is 3.03. The van der Waals surface area contributed by atoms with Gasteiger partial charge >= 0.3 is 0 Å². The van der Waals surface area contributed by atoms with Crippen molar-refractivity contribution in [2.75, 3.05) is 11.4 Å². The highest BCUT2D eigenvalue weighted by Gasteiger charge is 2.16. The van der Waals surface area contributed by atoms with Gasteiger partial charge in [0.2, 0.25) is 11.0 Å². The minimum atomic E-state index is 0.0189. The molecule has 0 atom stereocenters. The summed E-state index contributed by atoms with van der Waals surface area (Å²) in [6.45, 7) is 6.43. The molecule has 0 fully saturated rings. The first-order valence-electron chi connectivity index (χ1n) is 6.80. The molecule has 20 heavy (non-hydrogen) atoms. The molecule has 0 aliphatic heterocycles. The van der Waals surface area contributed by atoms with Gasteiger partial charge in [0, 0.05) is 19.0 Å². The van der Waals surface area contributed by atoms with Crippen molar-refractivity contribution >= 4 is 22.4 Å². The maximum absolute atomic E-state index is 11.7. The molecule has 106 valence electrons. The maximum Gasteiger partial charge on any atom is 0.225 e. The average Bonchev–Trinajstić information content (AvgIpc) is 2.88. The minimum Gasteiger partial charge on any atom is -0.287 e. The third kappa shape index (κ3) is 3.42. The monoisotopic (exact) mass is 289 g/mol. The summed E-state index contributed by atoms with van der Waals surface area (Å²) >= 11 is 1.46. The van der Waals surface area contributed by atoms with E-state index in [4.69, 9.17) is 0 Å². The van der Waals surface area contributed by atoms with E-state index in [0.29, 0.717) is 11.7 Å². The Labute approximate surface area is 123 Å². The summed E-state index contributed by atoms with van der Waals surface area (Å²) in [5.74, 6) is 0.0189. The predicted octanol–water partition coefficient (Wildman–Crippen LogP) is 3.67. The van der Waals surface area contributed by atoms with Crippen LogP contribution >= 0.6 is 11.3 Å². The van der Waals surface area contributed by atoms with Gasteiger partial charge in [-0.3, -0.25) is 9.69 Å². The van der Waals surface area contributed by atoms with E-state index in [0.717, 1.165) is 23.4 Å². The van der Waals surface area contributed by atoms with Crippen LogP contribution in [0.15, 0.2) is 24.3 Å². The molecule has 1 heterocycles. The Bertz CT molecular complexity index is 594. The van der Waals surface area contributed by atoms with Gasteiger partial charge in [-0.2, -0.15) is 0 Å². The molecule has 0 spiro atoms. The molecule has 2 rings (SSSR count). The molecule has 0 N–H and O–H groups in total. The summed E-state index contributed by atoms with van der Waals surface area (Å²) in [5, 5.41) is 9.92. The van der Waals surface area contributed by atoms with E-state index < -0.39 is 0 Å². The van der Waals surface area contributed by atoms with Crippen LogP contribution in [0.1, 0.15) is 32.3 Å². The van der Waals surface area contributed by atoms with Gasteiger partial charge in [0.05, 0.1) is 0 Å². The smallest absolute Gasteiger partial charge is 0.225 e. The Hall–Kier alpha value is -1.75. The molecule has 0 unspecified atom stereocenters. The molecule has 2 aromatic rings. The predicted molar refractivity (Wildman–Crippen MR) is 83.0 cm³/mol. The van der Waals surface area contributed by atoms with Crippen LogP contribution in [-0.4, -0.2) is 22.6 Å². The molecule has 0 radical (unpaired) electrons. The highest BCUT2D eigenvalue weighted by atomic mass is 32.1. The van der Waals surface area contributed by atoms with Crippen LogP contribution in [0.2, 0.25) is 0 Å². The second-order valence-corrected chi connectivity index (χ2v) is 5.74. The van der Waals surface area contributed by atoms with E-state index in [1.54, 1.807) is 11.8 Å². The number of rotatable bonds is 5. The molecule has 0 aliphatic carbocycles. The second-order valence-electron chi connectivity index (χ2n) is 4.78. The van der Waals surface area contributed by atoms with Crippen molar-refractivity contribution in [2.45, 2.75) is 33.6 Å². The highest BCUT2D eigenvalue weighted by molar-refractivity contribution is 7.18. The van der Waals surface area contributed by atoms with E-state index in [2.05, 4.69) is 36.2 Å². The summed E-state index contributed by atoms with van der Waals surface area (Å²) in [6, 6.07) is 8.15. The van der Waals surface area contributed by atoms with E-state index in [-0.39, 0.29) is 5.91 Å². The lowest BCUT2D eigenvalue weighted by Gasteiger charge is -2.16. The first-order chi connectivity index (χ1) is 9.61. The van der Waals surface area contributed by atoms with Crippen LogP contribution in [0.3, 0.4) is 0 Å². The van der Waals surface area contributed by atoms with Crippen LogP contribution in [0.25, 0.3) is 10.6 Å². The molecule has 0 aliphatic rings. The van der Waals surface area contributed by atoms with Crippen molar-refractivity contribution in [1.82, 2.24) is 10.2 Å². The first kappa shape index (κ1) is 14.7. The molecule has 1 aromatic carbocycles. The quantitative estimate of drug-likeness (QED) is 0.843. The zero-order valence-electron chi connectivity index (χ0n) is 12.1. The number of aryl methyl sites for hydroxylation is 1. The van der Waals surface area contributed by atoms with Crippen molar-refractivity contribution in [3.8, 4) is 10.6 Å². The average molecular weight is 289 g/mol. The maximum atomic E-state index is 11.7. The fourth-order valence-corrected chi connectivity index (χ4v) is 2.83. The van der Waals surface area contributed by atoms with Crippen LogP contribution in [0, 0.1) is 6.92 Å². The highest BCUT2D eigenvalue weighted by Crippen LogP contribution is 2.29. The Kier molecular flexibility index (Phi) is 4.84. The zero-order chi connectivity index (χ0) is 14.5. The van der Waals surface area contributed by atoms with Gasteiger partial charge in [0.25, 0.3) is 0 Å². The third-order valence-corrected chi connectivity index (χ3v) is 4.02. The molecule has 0 saturated heterocycles. The normalized spacial score (nSPS) is 10.6. The van der Waals surface area contributed by atoms with Crippen molar-refractivity contribution in [3.63, 3.8) is 0 Å². The van der Waals surface area contributed by atoms with Gasteiger partial charge in [-0.25, -0.2) is 0 Å². The van der Waals surface area contributed by atoms with Gasteiger partial charge in [-0.1, -0.05) is 48.4 Å². The minimum absolute atomic E-state index is 0.0189. The molecule has 0 bridgehead atoms. The molecule has 5 heteroatoms. The number of carbonyl (C=O) groups excluding carboxylic acids is 1. The summed E-state index contributed by atoms with van der Waals surface area (Å²) in [4.78, 5) is 13.4. The van der Waals surface area contributed by atoms with Gasteiger partial charge in [-0.15, -0.1) is 10.2 Å². The Morgan fingerprint density at radius 2 is 2.15 bits per heavy atom. The largest absolute Gasteiger partial charge is 0.287 e. The molecule has 1 amide bonds. The zero-order valence-corrected chi connectivity index (χ0v) is 12.9. The number of amides is 1. The Balaban J connectivity index is 2.24. The number of anilines is 1. The van der Waals surface area contributed by atoms with Crippen LogP contribution < -0.4 is 4.90 Å². The topological polar surface area (TPSA) is 46.1 Å². The van der Waals surface area contributed by atoms with Gasteiger partial charge < -0.3 is 0 Å². The molecular formula is C15H19N3OS. The Morgan fingerprint density at radius 1 is 1.35 bits per heavy atom. The molecule has 0 saturated carbocycles. The van der Waals surface area contributed by atoms with Gasteiger partial charge in [-0.05, 0) is 19.4 Å². The van der Waals surface area contributed by atoms with Crippen molar-refractivity contribution in [1.29, 1.82) is 0 Å². The number of hydrogen-bond donors (Lipinski definition) is 0. The van der Waals surface area contributed by atoms with Crippen LogP contribution in [-0.2, 0) is 4.79 Å². The lowest BCUT2D eigenvalue weighted by molar-refractivity contribution is -0.116. The number of aromatic nitrogens is 2. The lowest BCUT2D eigenvalue weighted by Crippen LogP contribution is -2.29.